The largest absolute Gasteiger partial charge is 0.381 e. The average molecular weight is 887 g/mol. The van der Waals surface area contributed by atoms with E-state index in [2.05, 4.69) is 73.0 Å². The Kier molecular flexibility index (Phi) is 11.1. The highest BCUT2D eigenvalue weighted by atomic mass is 32.2. The summed E-state index contributed by atoms with van der Waals surface area (Å²) in [4.78, 5) is 42.7. The molecule has 0 bridgehead atoms. The lowest BCUT2D eigenvalue weighted by Gasteiger charge is -2.56. The number of piperidine rings is 1. The predicted octanol–water partition coefficient (Wildman–Crippen LogP) is 7.87. The quantitative estimate of drug-likeness (QED) is 0.0797. The number of rotatable bonds is 12. The summed E-state index contributed by atoms with van der Waals surface area (Å²) < 4.78 is 36.7. The number of hydrogen-bond donors (Lipinski definition) is 3. The van der Waals surface area contributed by atoms with Crippen LogP contribution < -0.4 is 14.9 Å². The molecular formula is C47H54N10O6S. The number of nitrogens with one attached hydrogen (secondary N) is 3. The van der Waals surface area contributed by atoms with Crippen molar-refractivity contribution in [3.8, 4) is 5.69 Å². The van der Waals surface area contributed by atoms with Crippen molar-refractivity contribution in [2.45, 2.75) is 88.2 Å². The summed E-state index contributed by atoms with van der Waals surface area (Å²) in [6.45, 7) is 9.12. The zero-order valence-corrected chi connectivity index (χ0v) is 37.0. The van der Waals surface area contributed by atoms with Crippen molar-refractivity contribution < 1.29 is 22.9 Å². The summed E-state index contributed by atoms with van der Waals surface area (Å²) >= 11 is 0. The summed E-state index contributed by atoms with van der Waals surface area (Å²) in [7, 11) is -4.66. The molecule has 4 fully saturated rings. The van der Waals surface area contributed by atoms with Crippen molar-refractivity contribution >= 4 is 55.1 Å². The fraction of sp³-hybridized carbons (Fsp3) is 0.447. The first-order valence-corrected chi connectivity index (χ1v) is 24.0. The number of sulfonamides is 1. The van der Waals surface area contributed by atoms with E-state index in [9.17, 15) is 23.3 Å². The average Bonchev–Trinajstić information content (AvgIpc) is 4.07. The van der Waals surface area contributed by atoms with Crippen LogP contribution in [0.5, 0.6) is 0 Å². The van der Waals surface area contributed by atoms with Gasteiger partial charge in [-0.25, -0.2) is 19.4 Å². The molecule has 0 radical (unpaired) electrons. The number of carbonyl (C=O) groups excluding carboxylic acids is 1. The summed E-state index contributed by atoms with van der Waals surface area (Å²) in [5.41, 5.74) is 6.13. The van der Waals surface area contributed by atoms with Gasteiger partial charge >= 0.3 is 0 Å². The zero-order chi connectivity index (χ0) is 44.2. The monoisotopic (exact) mass is 886 g/mol. The smallest absolute Gasteiger partial charge is 0.296 e. The van der Waals surface area contributed by atoms with Crippen LogP contribution in [0.25, 0.3) is 27.8 Å². The Morgan fingerprint density at radius 1 is 1.02 bits per heavy atom. The number of amides is 1. The van der Waals surface area contributed by atoms with E-state index in [0.717, 1.165) is 68.7 Å². The van der Waals surface area contributed by atoms with Crippen LogP contribution in [0, 0.1) is 21.4 Å². The van der Waals surface area contributed by atoms with Gasteiger partial charge in [-0.15, -0.1) is 0 Å². The summed E-state index contributed by atoms with van der Waals surface area (Å²) in [6, 6.07) is 20.1. The predicted molar refractivity (Wildman–Crippen MR) is 244 cm³/mol. The van der Waals surface area contributed by atoms with E-state index in [1.54, 1.807) is 23.1 Å². The second kappa shape index (κ2) is 16.9. The molecule has 4 aliphatic rings. The highest BCUT2D eigenvalue weighted by Gasteiger charge is 2.50. The number of anilines is 2. The highest BCUT2D eigenvalue weighted by molar-refractivity contribution is 7.90. The third-order valence-electron chi connectivity index (χ3n) is 14.3. The minimum atomic E-state index is -4.66. The van der Waals surface area contributed by atoms with Gasteiger partial charge in [-0.1, -0.05) is 38.1 Å². The van der Waals surface area contributed by atoms with Crippen LogP contribution in [-0.4, -0.2) is 94.3 Å². The van der Waals surface area contributed by atoms with Crippen LogP contribution in [0.1, 0.15) is 98.7 Å². The number of pyridine rings is 2. The Bertz CT molecular complexity index is 2840. The topological polar surface area (TPSA) is 194 Å². The van der Waals surface area contributed by atoms with Crippen molar-refractivity contribution in [3.05, 3.63) is 106 Å². The second-order valence-corrected chi connectivity index (χ2v) is 20.1. The molecule has 6 aromatic rings. The second-order valence-electron chi connectivity index (χ2n) is 18.5. The number of likely N-dealkylation sites (tertiary alicyclic amines) is 1. The molecule has 1 unspecified atom stereocenters. The van der Waals surface area contributed by atoms with E-state index < -0.39 is 31.6 Å². The van der Waals surface area contributed by atoms with Crippen LogP contribution in [0.3, 0.4) is 0 Å². The van der Waals surface area contributed by atoms with Crippen molar-refractivity contribution in [1.82, 2.24) is 34.4 Å². The van der Waals surface area contributed by atoms with E-state index in [-0.39, 0.29) is 17.2 Å². The molecule has 1 saturated carbocycles. The lowest BCUT2D eigenvalue weighted by molar-refractivity contribution is -0.384. The van der Waals surface area contributed by atoms with Gasteiger partial charge in [0.25, 0.3) is 21.6 Å². The number of nitrogens with zero attached hydrogens (tertiary/aromatic N) is 7. The minimum absolute atomic E-state index is 0.0465. The van der Waals surface area contributed by atoms with Gasteiger partial charge in [-0.05, 0) is 117 Å². The van der Waals surface area contributed by atoms with Crippen LogP contribution in [0.2, 0.25) is 0 Å². The van der Waals surface area contributed by atoms with Gasteiger partial charge in [0.1, 0.15) is 16.9 Å². The van der Waals surface area contributed by atoms with E-state index in [0.29, 0.717) is 65.5 Å². The van der Waals surface area contributed by atoms with E-state index in [1.165, 1.54) is 36.8 Å². The lowest BCUT2D eigenvalue weighted by Crippen LogP contribution is -2.55. The number of nitro groups is 1. The van der Waals surface area contributed by atoms with Gasteiger partial charge in [0, 0.05) is 62.2 Å². The third-order valence-corrected chi connectivity index (χ3v) is 15.5. The number of aromatic nitrogens is 5. The van der Waals surface area contributed by atoms with Gasteiger partial charge < -0.3 is 19.9 Å². The normalized spacial score (nSPS) is 19.7. The first kappa shape index (κ1) is 42.1. The number of ether oxygens (including phenoxy) is 1. The van der Waals surface area contributed by atoms with Crippen molar-refractivity contribution in [2.75, 3.05) is 49.6 Å². The van der Waals surface area contributed by atoms with E-state index in [1.807, 2.05) is 24.3 Å². The Labute approximate surface area is 372 Å². The van der Waals surface area contributed by atoms with Crippen molar-refractivity contribution in [3.63, 3.8) is 0 Å². The molecule has 4 aromatic heterocycles. The molecule has 1 amide bonds. The van der Waals surface area contributed by atoms with Crippen LogP contribution in [0.4, 0.5) is 17.1 Å². The summed E-state index contributed by atoms with van der Waals surface area (Å²) in [5.74, 6) is -0.183. The molecule has 10 rings (SSSR count). The number of benzene rings is 2. The van der Waals surface area contributed by atoms with Gasteiger partial charge in [0.15, 0.2) is 5.03 Å². The molecule has 2 aromatic carbocycles. The molecule has 1 atom stereocenters. The lowest BCUT2D eigenvalue weighted by atomic mass is 9.59. The number of carbonyl (C=O) groups is 1. The Hall–Kier alpha value is -5.91. The summed E-state index contributed by atoms with van der Waals surface area (Å²) in [6.07, 6.45) is 13.1. The molecule has 3 saturated heterocycles. The number of fused-ring (bicyclic) bond motifs is 2. The van der Waals surface area contributed by atoms with Gasteiger partial charge in [0.05, 0.1) is 40.2 Å². The molecule has 16 nitrogen and oxygen atoms in total. The molecular weight excluding hydrogens is 833 g/mol. The highest BCUT2D eigenvalue weighted by Crippen LogP contribution is 2.54. The molecule has 64 heavy (non-hydrogen) atoms. The van der Waals surface area contributed by atoms with Crippen LogP contribution in [-0.2, 0) is 14.8 Å². The number of H-pyrrole nitrogens is 1. The first-order valence-electron chi connectivity index (χ1n) is 22.5. The Balaban J connectivity index is 0.886. The maximum absolute atomic E-state index is 14.2. The van der Waals surface area contributed by atoms with E-state index >= 15 is 0 Å². The standard InChI is InChI=1S/C47H54N10O6S/c1-30(2)35-6-3-4-7-36(35)40-8-5-17-55(40)34-25-47(26-34)14-18-54(19-15-47)33-9-10-37(41(23-33)56-42-22-32-11-16-48-45(32)52-39(42)29-51-56)46(58)53-64(61,62)44-24-43(57(59)60)38(28-50-44)49-27-31-12-20-63-21-13-31/h3-4,6-7,9-11,16,22-24,28-31,34,40,49H,5,8,12-15,17-21,25-27H2,1-2H3,(H,48,52)(H,53,58). The third kappa shape index (κ3) is 7.98. The number of aromatic amines is 1. The van der Waals surface area contributed by atoms with Crippen molar-refractivity contribution in [2.24, 2.45) is 11.3 Å². The molecule has 7 heterocycles. The van der Waals surface area contributed by atoms with Gasteiger partial charge in [-0.3, -0.25) is 19.8 Å². The zero-order valence-electron chi connectivity index (χ0n) is 36.2. The van der Waals surface area contributed by atoms with Gasteiger partial charge in [0.2, 0.25) is 0 Å². The van der Waals surface area contributed by atoms with Crippen LogP contribution >= 0.6 is 0 Å². The first-order chi connectivity index (χ1) is 30.9. The van der Waals surface area contributed by atoms with Crippen LogP contribution in [0.15, 0.2) is 84.3 Å². The molecule has 3 aliphatic heterocycles. The minimum Gasteiger partial charge on any atom is -0.381 e. The molecule has 334 valence electrons. The maximum Gasteiger partial charge on any atom is 0.296 e. The Morgan fingerprint density at radius 2 is 1.81 bits per heavy atom. The fourth-order valence-corrected chi connectivity index (χ4v) is 11.6. The van der Waals surface area contributed by atoms with Gasteiger partial charge in [-0.2, -0.15) is 13.5 Å². The molecule has 1 aliphatic carbocycles. The molecule has 3 N–H and O–H groups in total. The molecule has 1 spiro atoms. The SMILES string of the molecule is CC(C)c1ccccc1C1CCCN1C1CC2(CCN(c3ccc(C(=O)NS(=O)(=O)c4cc([N+](=O)[O-])c(NCC5CCOCC5)cn4)c(-n4ncc5nc6[nH]ccc6cc54)c3)CC2)C1. The molecule has 17 heteroatoms. The Morgan fingerprint density at radius 3 is 2.59 bits per heavy atom. The number of hydrogen-bond acceptors (Lipinski definition) is 12. The van der Waals surface area contributed by atoms with Crippen molar-refractivity contribution in [1.29, 1.82) is 0 Å². The summed E-state index contributed by atoms with van der Waals surface area (Å²) in [5, 5.41) is 20.1. The fourth-order valence-electron chi connectivity index (χ4n) is 10.7. The van der Waals surface area contributed by atoms with E-state index in [4.69, 9.17) is 9.72 Å². The maximum atomic E-state index is 14.2.